The van der Waals surface area contributed by atoms with Crippen molar-refractivity contribution in [3.63, 3.8) is 0 Å². The number of hydrazine groups is 1. The van der Waals surface area contributed by atoms with E-state index < -0.39 is 23.4 Å². The van der Waals surface area contributed by atoms with Crippen molar-refractivity contribution in [3.8, 4) is 5.75 Å². The van der Waals surface area contributed by atoms with Gasteiger partial charge in [0.15, 0.2) is 6.61 Å². The molecule has 0 aliphatic rings. The van der Waals surface area contributed by atoms with Crippen molar-refractivity contribution < 1.29 is 23.1 Å². The Bertz CT molecular complexity index is 723. The molecule has 2 amide bonds. The largest absolute Gasteiger partial charge is 0.484 e. The maximum absolute atomic E-state index is 12.9. The van der Waals surface area contributed by atoms with Crippen LogP contribution in [0.3, 0.4) is 0 Å². The molecule has 0 unspecified atom stereocenters. The van der Waals surface area contributed by atoms with E-state index in [1.807, 2.05) is 0 Å². The molecule has 2 aromatic carbocycles. The molecule has 23 heavy (non-hydrogen) atoms. The van der Waals surface area contributed by atoms with Gasteiger partial charge in [0.05, 0.1) is 5.56 Å². The Morgan fingerprint density at radius 3 is 2.30 bits per heavy atom. The van der Waals surface area contributed by atoms with Crippen molar-refractivity contribution >= 4 is 27.7 Å². The summed E-state index contributed by atoms with van der Waals surface area (Å²) in [6.07, 6.45) is 0. The van der Waals surface area contributed by atoms with Crippen LogP contribution in [0.15, 0.2) is 46.9 Å². The van der Waals surface area contributed by atoms with Gasteiger partial charge in [0.2, 0.25) is 0 Å². The van der Waals surface area contributed by atoms with E-state index in [4.69, 9.17) is 4.74 Å². The van der Waals surface area contributed by atoms with Gasteiger partial charge in [0.25, 0.3) is 11.8 Å². The van der Waals surface area contributed by atoms with Crippen LogP contribution in [0.4, 0.5) is 8.78 Å². The van der Waals surface area contributed by atoms with Gasteiger partial charge in [-0.1, -0.05) is 0 Å². The summed E-state index contributed by atoms with van der Waals surface area (Å²) in [6.45, 7) is -0.365. The van der Waals surface area contributed by atoms with Crippen LogP contribution < -0.4 is 15.6 Å². The highest BCUT2D eigenvalue weighted by atomic mass is 79.9. The fraction of sp³-hybridized carbons (Fsp3) is 0.0667. The van der Waals surface area contributed by atoms with E-state index >= 15 is 0 Å². The average Bonchev–Trinajstić information content (AvgIpc) is 2.52. The molecule has 2 N–H and O–H groups in total. The second kappa shape index (κ2) is 7.68. The third-order valence-corrected chi connectivity index (χ3v) is 3.33. The van der Waals surface area contributed by atoms with E-state index in [1.54, 1.807) is 0 Å². The number of nitrogens with one attached hydrogen (secondary N) is 2. The Labute approximate surface area is 138 Å². The summed E-state index contributed by atoms with van der Waals surface area (Å²) in [5.74, 6) is -1.83. The zero-order valence-corrected chi connectivity index (χ0v) is 13.2. The van der Waals surface area contributed by atoms with Gasteiger partial charge in [-0.25, -0.2) is 8.78 Å². The van der Waals surface area contributed by atoms with Crippen molar-refractivity contribution in [1.82, 2.24) is 10.9 Å². The molecule has 5 nitrogen and oxygen atoms in total. The van der Waals surface area contributed by atoms with Crippen molar-refractivity contribution in [2.45, 2.75) is 0 Å². The lowest BCUT2D eigenvalue weighted by molar-refractivity contribution is -0.123. The van der Waals surface area contributed by atoms with Crippen LogP contribution in [0.2, 0.25) is 0 Å². The minimum absolute atomic E-state index is 0.158. The predicted octanol–water partition coefficient (Wildman–Crippen LogP) is 2.57. The standard InChI is InChI=1S/C15H11BrF2N2O3/c16-13-7-10(18)3-6-12(13)15(22)20-19-14(21)8-23-11-4-1-9(17)2-5-11/h1-7H,8H2,(H,19,21)(H,20,22). The van der Waals surface area contributed by atoms with Crippen molar-refractivity contribution in [2.75, 3.05) is 6.61 Å². The number of ether oxygens (including phenoxy) is 1. The third kappa shape index (κ3) is 5.03. The number of hydrogen-bond donors (Lipinski definition) is 2. The Morgan fingerprint density at radius 2 is 1.65 bits per heavy atom. The summed E-state index contributed by atoms with van der Waals surface area (Å²) < 4.78 is 31.0. The van der Waals surface area contributed by atoms with E-state index in [2.05, 4.69) is 26.8 Å². The molecule has 0 fully saturated rings. The van der Waals surface area contributed by atoms with E-state index in [0.29, 0.717) is 5.75 Å². The summed E-state index contributed by atoms with van der Waals surface area (Å²) in [4.78, 5) is 23.4. The van der Waals surface area contributed by atoms with Crippen LogP contribution in [0.25, 0.3) is 0 Å². The van der Waals surface area contributed by atoms with Gasteiger partial charge in [-0.05, 0) is 58.4 Å². The first kappa shape index (κ1) is 16.9. The monoisotopic (exact) mass is 384 g/mol. The molecule has 0 aliphatic heterocycles. The molecule has 2 aromatic rings. The molecule has 0 aliphatic carbocycles. The van der Waals surface area contributed by atoms with Gasteiger partial charge >= 0.3 is 0 Å². The first-order chi connectivity index (χ1) is 11.0. The van der Waals surface area contributed by atoms with Crippen LogP contribution in [-0.2, 0) is 4.79 Å². The van der Waals surface area contributed by atoms with E-state index in [9.17, 15) is 18.4 Å². The fourth-order valence-corrected chi connectivity index (χ4v) is 2.11. The molecule has 0 atom stereocenters. The van der Waals surface area contributed by atoms with Gasteiger partial charge < -0.3 is 4.74 Å². The molecule has 0 saturated carbocycles. The molecule has 0 heterocycles. The predicted molar refractivity (Wildman–Crippen MR) is 81.6 cm³/mol. The first-order valence-corrected chi connectivity index (χ1v) is 7.17. The van der Waals surface area contributed by atoms with Gasteiger partial charge in [0.1, 0.15) is 17.4 Å². The number of hydrogen-bond acceptors (Lipinski definition) is 3. The third-order valence-electron chi connectivity index (χ3n) is 2.67. The quantitative estimate of drug-likeness (QED) is 0.796. The Morgan fingerprint density at radius 1 is 1.00 bits per heavy atom. The summed E-state index contributed by atoms with van der Waals surface area (Å²) >= 11 is 3.05. The molecule has 0 radical (unpaired) electrons. The zero-order chi connectivity index (χ0) is 16.8. The zero-order valence-electron chi connectivity index (χ0n) is 11.6. The van der Waals surface area contributed by atoms with E-state index in [1.165, 1.54) is 30.3 Å². The summed E-state index contributed by atoms with van der Waals surface area (Å²) in [5.41, 5.74) is 4.48. The summed E-state index contributed by atoms with van der Waals surface area (Å²) in [5, 5.41) is 0. The lowest BCUT2D eigenvalue weighted by atomic mass is 10.2. The van der Waals surface area contributed by atoms with Gasteiger partial charge in [-0.15, -0.1) is 0 Å². The highest BCUT2D eigenvalue weighted by Gasteiger charge is 2.12. The van der Waals surface area contributed by atoms with E-state index in [-0.39, 0.29) is 16.6 Å². The molecule has 0 aromatic heterocycles. The number of benzene rings is 2. The SMILES string of the molecule is O=C(COc1ccc(F)cc1)NNC(=O)c1ccc(F)cc1Br. The number of halogens is 3. The van der Waals surface area contributed by atoms with Crippen molar-refractivity contribution in [2.24, 2.45) is 0 Å². The lowest BCUT2D eigenvalue weighted by Gasteiger charge is -2.09. The molecule has 8 heteroatoms. The molecular formula is C15H11BrF2N2O3. The van der Waals surface area contributed by atoms with Crippen LogP contribution in [0.5, 0.6) is 5.75 Å². The highest BCUT2D eigenvalue weighted by molar-refractivity contribution is 9.10. The van der Waals surface area contributed by atoms with Crippen molar-refractivity contribution in [1.29, 1.82) is 0 Å². The van der Waals surface area contributed by atoms with Gasteiger partial charge in [0, 0.05) is 4.47 Å². The summed E-state index contributed by atoms with van der Waals surface area (Å²) in [6, 6.07) is 8.67. The molecule has 120 valence electrons. The molecule has 0 saturated heterocycles. The van der Waals surface area contributed by atoms with Crippen LogP contribution in [0, 0.1) is 11.6 Å². The van der Waals surface area contributed by atoms with Gasteiger partial charge in [-0.3, -0.25) is 20.4 Å². The molecule has 0 spiro atoms. The van der Waals surface area contributed by atoms with Gasteiger partial charge in [-0.2, -0.15) is 0 Å². The second-order valence-corrected chi connectivity index (χ2v) is 5.22. The van der Waals surface area contributed by atoms with Crippen LogP contribution in [-0.4, -0.2) is 18.4 Å². The van der Waals surface area contributed by atoms with E-state index in [0.717, 1.165) is 12.1 Å². The minimum Gasteiger partial charge on any atom is -0.484 e. The maximum atomic E-state index is 12.9. The molecular weight excluding hydrogens is 374 g/mol. The van der Waals surface area contributed by atoms with Crippen LogP contribution >= 0.6 is 15.9 Å². The molecule has 0 bridgehead atoms. The minimum atomic E-state index is -0.619. The maximum Gasteiger partial charge on any atom is 0.276 e. The molecule has 2 rings (SSSR count). The highest BCUT2D eigenvalue weighted by Crippen LogP contribution is 2.17. The lowest BCUT2D eigenvalue weighted by Crippen LogP contribution is -2.43. The Hall–Kier alpha value is -2.48. The Kier molecular flexibility index (Phi) is 5.64. The normalized spacial score (nSPS) is 10.0. The second-order valence-electron chi connectivity index (χ2n) is 4.37. The summed E-state index contributed by atoms with van der Waals surface area (Å²) in [7, 11) is 0. The van der Waals surface area contributed by atoms with Crippen molar-refractivity contribution in [3.05, 3.63) is 64.1 Å². The number of amides is 2. The number of rotatable bonds is 4. The number of carbonyl (C=O) groups is 2. The topological polar surface area (TPSA) is 67.4 Å². The average molecular weight is 385 g/mol. The smallest absolute Gasteiger partial charge is 0.276 e. The fourth-order valence-electron chi connectivity index (χ4n) is 1.58. The Balaban J connectivity index is 1.81. The van der Waals surface area contributed by atoms with Crippen LogP contribution in [0.1, 0.15) is 10.4 Å². The first-order valence-electron chi connectivity index (χ1n) is 6.38. The number of carbonyl (C=O) groups excluding carboxylic acids is 2.